The first kappa shape index (κ1) is 21.1. The molecule has 6 nitrogen and oxygen atoms in total. The molecule has 0 radical (unpaired) electrons. The highest BCUT2D eigenvalue weighted by Crippen LogP contribution is 2.25. The van der Waals surface area contributed by atoms with Crippen molar-refractivity contribution in [3.8, 4) is 0 Å². The van der Waals surface area contributed by atoms with Crippen LogP contribution in [0, 0.1) is 0 Å². The van der Waals surface area contributed by atoms with E-state index in [1.165, 1.54) is 0 Å². The molecule has 0 aromatic rings. The molecule has 24 heavy (non-hydrogen) atoms. The lowest BCUT2D eigenvalue weighted by Crippen LogP contribution is -2.24. The number of aliphatic hydroxyl groups is 3. The number of ether oxygens (including phenoxy) is 1. The highest BCUT2D eigenvalue weighted by Gasteiger charge is 2.35. The minimum Gasteiger partial charge on any atom is -0.481 e. The van der Waals surface area contributed by atoms with Gasteiger partial charge in [0.2, 0.25) is 0 Å². The van der Waals surface area contributed by atoms with Crippen LogP contribution in [-0.2, 0) is 9.53 Å². The van der Waals surface area contributed by atoms with Crippen molar-refractivity contribution < 1.29 is 30.0 Å². The number of carboxylic acid groups (broad SMARTS) is 1. The Bertz CT molecular complexity index is 384. The van der Waals surface area contributed by atoms with Crippen LogP contribution in [0.4, 0.5) is 0 Å². The van der Waals surface area contributed by atoms with Crippen LogP contribution in [0.3, 0.4) is 0 Å². The number of rotatable bonds is 12. The molecule has 1 aliphatic rings. The number of hydrogen-bond donors (Lipinski definition) is 4. The molecule has 0 amide bonds. The summed E-state index contributed by atoms with van der Waals surface area (Å²) in [5.41, 5.74) is 0. The van der Waals surface area contributed by atoms with Gasteiger partial charge in [-0.1, -0.05) is 44.8 Å². The van der Waals surface area contributed by atoms with Gasteiger partial charge in [-0.3, -0.25) is 4.79 Å². The number of unbranched alkanes of at least 4 members (excludes halogenated alkanes) is 4. The molecule has 0 unspecified atom stereocenters. The average Bonchev–Trinajstić information content (AvgIpc) is 2.92. The summed E-state index contributed by atoms with van der Waals surface area (Å²) in [6.07, 6.45) is 6.92. The molecule has 1 aliphatic heterocycles. The number of aliphatic hydroxyl groups excluding tert-OH is 3. The quantitative estimate of drug-likeness (QED) is 0.319. The fraction of sp³-hybridized carbons (Fsp3) is 0.833. The summed E-state index contributed by atoms with van der Waals surface area (Å²) in [6.45, 7) is 1.93. The minimum absolute atomic E-state index is 0.218. The van der Waals surface area contributed by atoms with E-state index in [9.17, 15) is 20.1 Å². The van der Waals surface area contributed by atoms with Gasteiger partial charge in [-0.2, -0.15) is 0 Å². The van der Waals surface area contributed by atoms with Gasteiger partial charge in [0.15, 0.2) is 0 Å². The first-order chi connectivity index (χ1) is 11.4. The number of carboxylic acids is 1. The van der Waals surface area contributed by atoms with Gasteiger partial charge in [0.05, 0.1) is 30.5 Å². The lowest BCUT2D eigenvalue weighted by atomic mass is 10.0. The summed E-state index contributed by atoms with van der Waals surface area (Å²) < 4.78 is 5.60. The van der Waals surface area contributed by atoms with Crippen molar-refractivity contribution in [1.82, 2.24) is 0 Å². The standard InChI is InChI=1S/C18H32O6/c1-2-16-15(21)12-17(24-16)14(20)11-10-13(19)8-6-4-3-5-7-9-18(22)23/h10-11,13-17,19-21H,2-9,12H2,1H3,(H,22,23)/b11-10+/t13-,14+,15-,16-,17-/m0/s1. The Morgan fingerprint density at radius 1 is 1.17 bits per heavy atom. The van der Waals surface area contributed by atoms with Crippen LogP contribution >= 0.6 is 0 Å². The van der Waals surface area contributed by atoms with E-state index in [2.05, 4.69) is 0 Å². The van der Waals surface area contributed by atoms with Crippen molar-refractivity contribution >= 4 is 5.97 Å². The number of carbonyl (C=O) groups is 1. The molecule has 1 fully saturated rings. The van der Waals surface area contributed by atoms with E-state index in [1.54, 1.807) is 12.2 Å². The lowest BCUT2D eigenvalue weighted by Gasteiger charge is -2.16. The summed E-state index contributed by atoms with van der Waals surface area (Å²) in [6, 6.07) is 0. The molecule has 0 spiro atoms. The zero-order valence-corrected chi connectivity index (χ0v) is 14.5. The summed E-state index contributed by atoms with van der Waals surface area (Å²) in [4.78, 5) is 10.4. The molecule has 4 N–H and O–H groups in total. The van der Waals surface area contributed by atoms with Gasteiger partial charge in [0.25, 0.3) is 0 Å². The first-order valence-electron chi connectivity index (χ1n) is 9.03. The molecule has 1 saturated heterocycles. The van der Waals surface area contributed by atoms with Crippen molar-refractivity contribution in [3.05, 3.63) is 12.2 Å². The van der Waals surface area contributed by atoms with E-state index in [0.717, 1.165) is 25.7 Å². The lowest BCUT2D eigenvalue weighted by molar-refractivity contribution is -0.137. The van der Waals surface area contributed by atoms with Crippen molar-refractivity contribution in [2.24, 2.45) is 0 Å². The molecule has 6 heteroatoms. The zero-order chi connectivity index (χ0) is 17.9. The number of aliphatic carboxylic acids is 1. The smallest absolute Gasteiger partial charge is 0.303 e. The molecule has 0 aromatic carbocycles. The van der Waals surface area contributed by atoms with E-state index in [-0.39, 0.29) is 12.5 Å². The average molecular weight is 344 g/mol. The third-order valence-corrected chi connectivity index (χ3v) is 4.46. The third kappa shape index (κ3) is 8.24. The van der Waals surface area contributed by atoms with Crippen LogP contribution in [0.25, 0.3) is 0 Å². The van der Waals surface area contributed by atoms with Crippen molar-refractivity contribution in [3.63, 3.8) is 0 Å². The van der Waals surface area contributed by atoms with Gasteiger partial charge in [0, 0.05) is 12.8 Å². The summed E-state index contributed by atoms with van der Waals surface area (Å²) in [5.74, 6) is -0.752. The van der Waals surface area contributed by atoms with Crippen LogP contribution in [-0.4, -0.2) is 56.9 Å². The predicted octanol–water partition coefficient (Wildman–Crippen LogP) is 2.01. The minimum atomic E-state index is -0.818. The maximum atomic E-state index is 10.4. The second kappa shape index (κ2) is 11.6. The normalized spacial score (nSPS) is 26.8. The fourth-order valence-corrected chi connectivity index (χ4v) is 2.97. The Morgan fingerprint density at radius 2 is 1.83 bits per heavy atom. The molecule has 0 bridgehead atoms. The Labute approximate surface area is 144 Å². The second-order valence-corrected chi connectivity index (χ2v) is 6.57. The Morgan fingerprint density at radius 3 is 2.46 bits per heavy atom. The molecular formula is C18H32O6. The monoisotopic (exact) mass is 344 g/mol. The molecule has 0 saturated carbocycles. The highest BCUT2D eigenvalue weighted by atomic mass is 16.5. The number of hydrogen-bond acceptors (Lipinski definition) is 5. The fourth-order valence-electron chi connectivity index (χ4n) is 2.97. The molecular weight excluding hydrogens is 312 g/mol. The van der Waals surface area contributed by atoms with Gasteiger partial charge in [-0.25, -0.2) is 0 Å². The van der Waals surface area contributed by atoms with Gasteiger partial charge in [0.1, 0.15) is 0 Å². The van der Waals surface area contributed by atoms with Gasteiger partial charge in [-0.15, -0.1) is 0 Å². The van der Waals surface area contributed by atoms with Crippen molar-refractivity contribution in [2.75, 3.05) is 0 Å². The van der Waals surface area contributed by atoms with Crippen molar-refractivity contribution in [2.45, 2.75) is 95.2 Å². The molecule has 1 rings (SSSR count). The van der Waals surface area contributed by atoms with Crippen LogP contribution in [0.1, 0.15) is 64.7 Å². The van der Waals surface area contributed by atoms with E-state index in [0.29, 0.717) is 25.7 Å². The molecule has 0 aliphatic carbocycles. The van der Waals surface area contributed by atoms with Crippen LogP contribution in [0.5, 0.6) is 0 Å². The largest absolute Gasteiger partial charge is 0.481 e. The topological polar surface area (TPSA) is 107 Å². The molecule has 5 atom stereocenters. The van der Waals surface area contributed by atoms with Crippen LogP contribution < -0.4 is 0 Å². The maximum Gasteiger partial charge on any atom is 0.303 e. The molecule has 140 valence electrons. The SMILES string of the molecule is CC[C@@H]1O[C@H]([C@H](O)/C=C/[C@@H](O)CCCCCCCC(=O)O)C[C@@H]1O. The first-order valence-corrected chi connectivity index (χ1v) is 9.03. The summed E-state index contributed by atoms with van der Waals surface area (Å²) in [7, 11) is 0. The van der Waals surface area contributed by atoms with Crippen molar-refractivity contribution in [1.29, 1.82) is 0 Å². The Balaban J connectivity index is 2.12. The van der Waals surface area contributed by atoms with Gasteiger partial charge >= 0.3 is 5.97 Å². The third-order valence-electron chi connectivity index (χ3n) is 4.46. The van der Waals surface area contributed by atoms with E-state index in [4.69, 9.17) is 9.84 Å². The van der Waals surface area contributed by atoms with E-state index < -0.39 is 30.4 Å². The highest BCUT2D eigenvalue weighted by molar-refractivity contribution is 5.66. The molecule has 1 heterocycles. The van der Waals surface area contributed by atoms with E-state index >= 15 is 0 Å². The second-order valence-electron chi connectivity index (χ2n) is 6.57. The zero-order valence-electron chi connectivity index (χ0n) is 14.5. The van der Waals surface area contributed by atoms with Crippen LogP contribution in [0.2, 0.25) is 0 Å². The Kier molecular flexibility index (Phi) is 10.2. The Hall–Kier alpha value is -0.950. The van der Waals surface area contributed by atoms with Gasteiger partial charge < -0.3 is 25.2 Å². The predicted molar refractivity (Wildman–Crippen MR) is 90.7 cm³/mol. The van der Waals surface area contributed by atoms with Crippen LogP contribution in [0.15, 0.2) is 12.2 Å². The summed E-state index contributed by atoms with van der Waals surface area (Å²) in [5, 5.41) is 38.3. The van der Waals surface area contributed by atoms with Gasteiger partial charge in [-0.05, 0) is 19.3 Å². The van der Waals surface area contributed by atoms with E-state index in [1.807, 2.05) is 6.92 Å². The summed E-state index contributed by atoms with van der Waals surface area (Å²) >= 11 is 0. The molecule has 0 aromatic heterocycles. The maximum absolute atomic E-state index is 10.4.